The van der Waals surface area contributed by atoms with Crippen molar-refractivity contribution in [3.63, 3.8) is 0 Å². The Morgan fingerprint density at radius 2 is 1.76 bits per heavy atom. The highest BCUT2D eigenvalue weighted by Gasteiger charge is 2.21. The molecule has 2 rings (SSSR count). The molecule has 0 unspecified atom stereocenters. The highest BCUT2D eigenvalue weighted by atomic mass is 32.1. The molecule has 29 heavy (non-hydrogen) atoms. The molecule has 0 atom stereocenters. The molecule has 0 spiro atoms. The van der Waals surface area contributed by atoms with Crippen LogP contribution in [0.15, 0.2) is 47.8 Å². The van der Waals surface area contributed by atoms with E-state index >= 15 is 0 Å². The summed E-state index contributed by atoms with van der Waals surface area (Å²) in [5.74, 6) is -0.0122. The van der Waals surface area contributed by atoms with E-state index in [0.717, 1.165) is 29.7 Å². The van der Waals surface area contributed by atoms with E-state index in [0.29, 0.717) is 32.7 Å². The first kappa shape index (κ1) is 23.1. The Balaban J connectivity index is 2.07. The quantitative estimate of drug-likeness (QED) is 0.457. The van der Waals surface area contributed by atoms with Crippen molar-refractivity contribution in [3.8, 4) is 0 Å². The monoisotopic (exact) mass is 416 g/mol. The first-order valence-electron chi connectivity index (χ1n) is 10.2. The van der Waals surface area contributed by atoms with Crippen molar-refractivity contribution >= 4 is 23.2 Å². The summed E-state index contributed by atoms with van der Waals surface area (Å²) in [6.45, 7) is 4.14. The molecule has 2 amide bonds. The second-order valence-electron chi connectivity index (χ2n) is 7.08. The molecule has 1 heterocycles. The van der Waals surface area contributed by atoms with Gasteiger partial charge < -0.3 is 14.5 Å². The SMILES string of the molecule is CCCCCC(=O)N(CCOC)CC(=O)N(Cc1ccccc1)Cc1cccs1. The molecule has 0 fully saturated rings. The fourth-order valence-electron chi connectivity index (χ4n) is 3.07. The van der Waals surface area contributed by atoms with Crippen LogP contribution in [0.25, 0.3) is 0 Å². The van der Waals surface area contributed by atoms with Gasteiger partial charge in [0.2, 0.25) is 11.8 Å². The van der Waals surface area contributed by atoms with Crippen molar-refractivity contribution in [2.75, 3.05) is 26.8 Å². The van der Waals surface area contributed by atoms with Crippen molar-refractivity contribution in [1.29, 1.82) is 0 Å². The van der Waals surface area contributed by atoms with Gasteiger partial charge >= 0.3 is 0 Å². The van der Waals surface area contributed by atoms with Crippen LogP contribution in [0.4, 0.5) is 0 Å². The van der Waals surface area contributed by atoms with E-state index in [9.17, 15) is 9.59 Å². The minimum absolute atomic E-state index is 0.0274. The van der Waals surface area contributed by atoms with Crippen LogP contribution in [0.2, 0.25) is 0 Å². The van der Waals surface area contributed by atoms with Crippen LogP contribution < -0.4 is 0 Å². The number of carbonyl (C=O) groups is 2. The van der Waals surface area contributed by atoms with Gasteiger partial charge in [-0.25, -0.2) is 0 Å². The summed E-state index contributed by atoms with van der Waals surface area (Å²) in [5.41, 5.74) is 1.08. The minimum atomic E-state index is -0.0396. The van der Waals surface area contributed by atoms with E-state index in [2.05, 4.69) is 6.92 Å². The van der Waals surface area contributed by atoms with E-state index in [4.69, 9.17) is 4.74 Å². The molecule has 158 valence electrons. The lowest BCUT2D eigenvalue weighted by Gasteiger charge is -2.27. The molecule has 0 N–H and O–H groups in total. The van der Waals surface area contributed by atoms with Gasteiger partial charge in [0.25, 0.3) is 0 Å². The van der Waals surface area contributed by atoms with Gasteiger partial charge in [0.1, 0.15) is 0 Å². The maximum Gasteiger partial charge on any atom is 0.242 e. The van der Waals surface area contributed by atoms with Crippen molar-refractivity contribution in [3.05, 3.63) is 58.3 Å². The van der Waals surface area contributed by atoms with Crippen molar-refractivity contribution in [2.45, 2.75) is 45.7 Å². The number of benzene rings is 1. The maximum absolute atomic E-state index is 13.2. The summed E-state index contributed by atoms with van der Waals surface area (Å²) in [6, 6.07) is 14.0. The van der Waals surface area contributed by atoms with Crippen LogP contribution in [0.5, 0.6) is 0 Å². The van der Waals surface area contributed by atoms with Crippen LogP contribution >= 0.6 is 11.3 Å². The summed E-state index contributed by atoms with van der Waals surface area (Å²) < 4.78 is 5.15. The summed E-state index contributed by atoms with van der Waals surface area (Å²) in [4.78, 5) is 30.4. The summed E-state index contributed by atoms with van der Waals surface area (Å²) in [6.07, 6.45) is 3.43. The van der Waals surface area contributed by atoms with Gasteiger partial charge in [0.05, 0.1) is 19.7 Å². The van der Waals surface area contributed by atoms with E-state index in [1.165, 1.54) is 0 Å². The number of rotatable bonds is 13. The lowest BCUT2D eigenvalue weighted by Crippen LogP contribution is -2.43. The fourth-order valence-corrected chi connectivity index (χ4v) is 3.79. The Kier molecular flexibility index (Phi) is 10.5. The van der Waals surface area contributed by atoms with Crippen LogP contribution in [-0.2, 0) is 27.4 Å². The van der Waals surface area contributed by atoms with Crippen LogP contribution in [0, 0.1) is 0 Å². The average molecular weight is 417 g/mol. The largest absolute Gasteiger partial charge is 0.383 e. The molecule has 1 aromatic heterocycles. The van der Waals surface area contributed by atoms with Crippen LogP contribution in [-0.4, -0.2) is 48.4 Å². The number of unbranched alkanes of at least 4 members (excludes halogenated alkanes) is 2. The summed E-state index contributed by atoms with van der Waals surface area (Å²) >= 11 is 1.64. The third-order valence-corrected chi connectivity index (χ3v) is 5.60. The molecule has 5 nitrogen and oxygen atoms in total. The third kappa shape index (κ3) is 8.38. The summed E-state index contributed by atoms with van der Waals surface area (Å²) in [7, 11) is 1.61. The Bertz CT molecular complexity index is 719. The molecule has 0 radical (unpaired) electrons. The molecule has 0 aliphatic rings. The topological polar surface area (TPSA) is 49.9 Å². The normalized spacial score (nSPS) is 10.7. The number of thiophene rings is 1. The molecule has 6 heteroatoms. The number of nitrogens with zero attached hydrogens (tertiary/aromatic N) is 2. The average Bonchev–Trinajstić information content (AvgIpc) is 3.24. The number of carbonyl (C=O) groups excluding carboxylic acids is 2. The molecule has 0 saturated heterocycles. The van der Waals surface area contributed by atoms with Gasteiger partial charge in [-0.3, -0.25) is 9.59 Å². The van der Waals surface area contributed by atoms with Gasteiger partial charge in [-0.05, 0) is 23.4 Å². The first-order chi connectivity index (χ1) is 14.1. The molecular formula is C23H32N2O3S. The number of ether oxygens (including phenoxy) is 1. The first-order valence-corrected chi connectivity index (χ1v) is 11.1. The van der Waals surface area contributed by atoms with Gasteiger partial charge in [0, 0.05) is 31.5 Å². The van der Waals surface area contributed by atoms with Gasteiger partial charge in [-0.15, -0.1) is 11.3 Å². The summed E-state index contributed by atoms with van der Waals surface area (Å²) in [5, 5.41) is 2.02. The van der Waals surface area contributed by atoms with Gasteiger partial charge in [-0.1, -0.05) is 56.2 Å². The molecule has 0 aliphatic heterocycles. The minimum Gasteiger partial charge on any atom is -0.383 e. The van der Waals surface area contributed by atoms with Crippen LogP contribution in [0.1, 0.15) is 43.0 Å². The second-order valence-corrected chi connectivity index (χ2v) is 8.11. The highest BCUT2D eigenvalue weighted by molar-refractivity contribution is 7.09. The molecule has 0 aliphatic carbocycles. The molecule has 2 aromatic rings. The van der Waals surface area contributed by atoms with E-state index in [1.807, 2.05) is 52.7 Å². The zero-order chi connectivity index (χ0) is 20.9. The second kappa shape index (κ2) is 13.1. The number of hydrogen-bond donors (Lipinski definition) is 0. The van der Waals surface area contributed by atoms with Crippen LogP contribution in [0.3, 0.4) is 0 Å². The lowest BCUT2D eigenvalue weighted by atomic mass is 10.2. The van der Waals surface area contributed by atoms with Gasteiger partial charge in [0.15, 0.2) is 0 Å². The van der Waals surface area contributed by atoms with E-state index in [-0.39, 0.29) is 18.4 Å². The number of methoxy groups -OCH3 is 1. The Morgan fingerprint density at radius 1 is 0.966 bits per heavy atom. The van der Waals surface area contributed by atoms with E-state index in [1.54, 1.807) is 23.3 Å². The van der Waals surface area contributed by atoms with E-state index < -0.39 is 0 Å². The Labute approximate surface area is 178 Å². The predicted molar refractivity (Wildman–Crippen MR) is 118 cm³/mol. The smallest absolute Gasteiger partial charge is 0.242 e. The molecule has 0 saturated carbocycles. The van der Waals surface area contributed by atoms with Crippen molar-refractivity contribution < 1.29 is 14.3 Å². The number of hydrogen-bond acceptors (Lipinski definition) is 4. The Hall–Kier alpha value is -2.18. The van der Waals surface area contributed by atoms with Gasteiger partial charge in [-0.2, -0.15) is 0 Å². The maximum atomic E-state index is 13.2. The third-order valence-electron chi connectivity index (χ3n) is 4.73. The lowest BCUT2D eigenvalue weighted by molar-refractivity contribution is -0.141. The highest BCUT2D eigenvalue weighted by Crippen LogP contribution is 2.15. The number of amides is 2. The van der Waals surface area contributed by atoms with Crippen molar-refractivity contribution in [2.24, 2.45) is 0 Å². The predicted octanol–water partition coefficient (Wildman–Crippen LogP) is 4.33. The zero-order valence-electron chi connectivity index (χ0n) is 17.5. The van der Waals surface area contributed by atoms with Crippen molar-refractivity contribution in [1.82, 2.24) is 9.80 Å². The molecular weight excluding hydrogens is 384 g/mol. The molecule has 0 bridgehead atoms. The Morgan fingerprint density at radius 3 is 2.41 bits per heavy atom. The zero-order valence-corrected chi connectivity index (χ0v) is 18.3. The standard InChI is InChI=1S/C23H32N2O3S/c1-3-4-6-13-22(26)24(14-15-28-2)19-23(27)25(18-21-12-9-16-29-21)17-20-10-7-5-8-11-20/h5,7-12,16H,3-4,6,13-15,17-19H2,1-2H3. The molecule has 1 aromatic carbocycles. The fraction of sp³-hybridized carbons (Fsp3) is 0.478.